The van der Waals surface area contributed by atoms with E-state index in [1.165, 1.54) is 11.1 Å². The highest BCUT2D eigenvalue weighted by Gasteiger charge is 2.01. The van der Waals surface area contributed by atoms with E-state index in [0.29, 0.717) is 0 Å². The number of halogens is 1. The lowest BCUT2D eigenvalue weighted by Crippen LogP contribution is -2.37. The van der Waals surface area contributed by atoms with Crippen LogP contribution in [0.25, 0.3) is 0 Å². The number of nitrogens with zero attached hydrogens (tertiary/aromatic N) is 3. The van der Waals surface area contributed by atoms with Crippen LogP contribution in [0.3, 0.4) is 0 Å². The Morgan fingerprint density at radius 3 is 2.91 bits per heavy atom. The predicted molar refractivity (Wildman–Crippen MR) is 93.9 cm³/mol. The van der Waals surface area contributed by atoms with Crippen molar-refractivity contribution in [1.29, 1.82) is 0 Å². The van der Waals surface area contributed by atoms with Crippen LogP contribution in [0.5, 0.6) is 0 Å². The number of aromatic nitrogens is 2. The van der Waals surface area contributed by atoms with Gasteiger partial charge in [-0.1, -0.05) is 22.0 Å². The molecule has 0 aliphatic carbocycles. The molecule has 0 unspecified atom stereocenters. The second-order valence-electron chi connectivity index (χ2n) is 5.05. The summed E-state index contributed by atoms with van der Waals surface area (Å²) in [6, 6.07) is 8.24. The smallest absolute Gasteiger partial charge is 0.191 e. The molecule has 0 atom stereocenters. The lowest BCUT2D eigenvalue weighted by Gasteiger charge is -2.13. The molecule has 2 aromatic rings. The van der Waals surface area contributed by atoms with E-state index in [2.05, 4.69) is 61.8 Å². The first-order valence-corrected chi connectivity index (χ1v) is 8.15. The molecule has 1 aromatic carbocycles. The minimum Gasteiger partial charge on any atom is -0.356 e. The first kappa shape index (κ1) is 16.5. The van der Waals surface area contributed by atoms with Crippen LogP contribution in [0, 0.1) is 6.92 Å². The molecule has 6 heteroatoms. The molecule has 0 spiro atoms. The zero-order valence-corrected chi connectivity index (χ0v) is 14.6. The van der Waals surface area contributed by atoms with Gasteiger partial charge in [-0.15, -0.1) is 0 Å². The maximum Gasteiger partial charge on any atom is 0.191 e. The molecule has 0 radical (unpaired) electrons. The van der Waals surface area contributed by atoms with Crippen molar-refractivity contribution in [1.82, 2.24) is 20.4 Å². The minimum absolute atomic E-state index is 0.762. The first-order valence-electron chi connectivity index (χ1n) is 7.36. The van der Waals surface area contributed by atoms with Crippen molar-refractivity contribution in [2.45, 2.75) is 26.4 Å². The lowest BCUT2D eigenvalue weighted by atomic mass is 10.1. The summed E-state index contributed by atoms with van der Waals surface area (Å²) in [6.45, 7) is 4.64. The van der Waals surface area contributed by atoms with Crippen molar-refractivity contribution in [2.75, 3.05) is 13.6 Å². The van der Waals surface area contributed by atoms with E-state index >= 15 is 0 Å². The zero-order chi connectivity index (χ0) is 15.8. The number of benzene rings is 1. The Bertz CT molecular complexity index is 607. The molecule has 22 heavy (non-hydrogen) atoms. The van der Waals surface area contributed by atoms with E-state index < -0.39 is 0 Å². The molecule has 1 aromatic heterocycles. The average Bonchev–Trinajstić information content (AvgIpc) is 3.01. The highest BCUT2D eigenvalue weighted by Crippen LogP contribution is 2.15. The van der Waals surface area contributed by atoms with Crippen LogP contribution in [0.2, 0.25) is 0 Å². The predicted octanol–water partition coefficient (Wildman–Crippen LogP) is 2.71. The Kier molecular flexibility index (Phi) is 6.45. The van der Waals surface area contributed by atoms with Crippen LogP contribution >= 0.6 is 15.9 Å². The molecule has 0 saturated carbocycles. The van der Waals surface area contributed by atoms with Crippen LogP contribution in [0.4, 0.5) is 0 Å². The Balaban J connectivity index is 1.73. The van der Waals surface area contributed by atoms with Gasteiger partial charge in [-0.3, -0.25) is 9.67 Å². The van der Waals surface area contributed by atoms with Crippen LogP contribution in [0.15, 0.2) is 46.1 Å². The molecular formula is C16H22BrN5. The summed E-state index contributed by atoms with van der Waals surface area (Å²) < 4.78 is 3.04. The van der Waals surface area contributed by atoms with Gasteiger partial charge in [0.25, 0.3) is 0 Å². The normalized spacial score (nSPS) is 11.5. The maximum absolute atomic E-state index is 4.25. The summed E-state index contributed by atoms with van der Waals surface area (Å²) in [4.78, 5) is 4.25. The summed E-state index contributed by atoms with van der Waals surface area (Å²) in [7, 11) is 1.79. The fourth-order valence-electron chi connectivity index (χ4n) is 2.14. The third-order valence-electron chi connectivity index (χ3n) is 3.39. The van der Waals surface area contributed by atoms with Crippen LogP contribution < -0.4 is 10.6 Å². The molecule has 2 rings (SSSR count). The Morgan fingerprint density at radius 1 is 1.36 bits per heavy atom. The molecule has 118 valence electrons. The number of aryl methyl sites for hydroxylation is 2. The molecular weight excluding hydrogens is 342 g/mol. The van der Waals surface area contributed by atoms with Crippen LogP contribution in [0.1, 0.15) is 17.5 Å². The molecule has 1 heterocycles. The maximum atomic E-state index is 4.25. The van der Waals surface area contributed by atoms with Crippen LogP contribution in [-0.2, 0) is 13.1 Å². The number of hydrogen-bond donors (Lipinski definition) is 2. The number of hydrogen-bond acceptors (Lipinski definition) is 2. The van der Waals surface area contributed by atoms with Crippen molar-refractivity contribution in [3.05, 3.63) is 52.3 Å². The van der Waals surface area contributed by atoms with Gasteiger partial charge in [0.15, 0.2) is 5.96 Å². The van der Waals surface area contributed by atoms with E-state index in [4.69, 9.17) is 0 Å². The summed E-state index contributed by atoms with van der Waals surface area (Å²) in [5.41, 5.74) is 2.53. The van der Waals surface area contributed by atoms with Gasteiger partial charge in [0.05, 0.1) is 0 Å². The Labute approximate surface area is 140 Å². The average molecular weight is 364 g/mol. The number of nitrogens with one attached hydrogen (secondary N) is 2. The van der Waals surface area contributed by atoms with Crippen molar-refractivity contribution in [3.63, 3.8) is 0 Å². The summed E-state index contributed by atoms with van der Waals surface area (Å²) >= 11 is 3.48. The standard InChI is InChI=1S/C16H22BrN5/c1-13-11-15(17)6-5-14(13)12-20-16(18-2)19-7-3-9-22-10-4-8-21-22/h4-6,8,10-11H,3,7,9,12H2,1-2H3,(H2,18,19,20). The van der Waals surface area contributed by atoms with Gasteiger partial charge in [0.1, 0.15) is 0 Å². The highest BCUT2D eigenvalue weighted by atomic mass is 79.9. The number of aliphatic imine (C=N–C) groups is 1. The van der Waals surface area contributed by atoms with E-state index in [9.17, 15) is 0 Å². The van der Waals surface area contributed by atoms with Gasteiger partial charge < -0.3 is 10.6 Å². The monoisotopic (exact) mass is 363 g/mol. The molecule has 0 amide bonds. The largest absolute Gasteiger partial charge is 0.356 e. The quantitative estimate of drug-likeness (QED) is 0.471. The van der Waals surface area contributed by atoms with Crippen molar-refractivity contribution in [3.8, 4) is 0 Å². The lowest BCUT2D eigenvalue weighted by molar-refractivity contribution is 0.570. The van der Waals surface area contributed by atoms with Gasteiger partial charge >= 0.3 is 0 Å². The zero-order valence-electron chi connectivity index (χ0n) is 13.0. The second-order valence-corrected chi connectivity index (χ2v) is 5.96. The van der Waals surface area contributed by atoms with Gasteiger partial charge in [-0.2, -0.15) is 5.10 Å². The number of guanidine groups is 1. The Hall–Kier alpha value is -1.82. The van der Waals surface area contributed by atoms with E-state index in [1.807, 2.05) is 16.9 Å². The highest BCUT2D eigenvalue weighted by molar-refractivity contribution is 9.10. The van der Waals surface area contributed by atoms with Gasteiger partial charge in [-0.05, 0) is 42.7 Å². The van der Waals surface area contributed by atoms with Crippen molar-refractivity contribution < 1.29 is 0 Å². The molecule has 0 saturated heterocycles. The van der Waals surface area contributed by atoms with Crippen molar-refractivity contribution >= 4 is 21.9 Å². The second kappa shape index (κ2) is 8.58. The first-order chi connectivity index (χ1) is 10.7. The van der Waals surface area contributed by atoms with Crippen molar-refractivity contribution in [2.24, 2.45) is 4.99 Å². The number of rotatable bonds is 6. The van der Waals surface area contributed by atoms with E-state index in [1.54, 1.807) is 13.2 Å². The fraction of sp³-hybridized carbons (Fsp3) is 0.375. The SMILES string of the molecule is CN=C(NCCCn1cccn1)NCc1ccc(Br)cc1C. The van der Waals surface area contributed by atoms with E-state index in [-0.39, 0.29) is 0 Å². The third kappa shape index (κ3) is 5.18. The molecule has 5 nitrogen and oxygen atoms in total. The molecule has 0 fully saturated rings. The van der Waals surface area contributed by atoms with Gasteiger partial charge in [0.2, 0.25) is 0 Å². The third-order valence-corrected chi connectivity index (χ3v) is 3.88. The van der Waals surface area contributed by atoms with E-state index in [0.717, 1.165) is 36.5 Å². The Morgan fingerprint density at radius 2 is 2.23 bits per heavy atom. The van der Waals surface area contributed by atoms with Gasteiger partial charge in [0, 0.05) is 43.5 Å². The molecule has 0 aliphatic rings. The summed E-state index contributed by atoms with van der Waals surface area (Å²) in [6.07, 6.45) is 4.78. The molecule has 0 bridgehead atoms. The summed E-state index contributed by atoms with van der Waals surface area (Å²) in [5, 5.41) is 10.8. The topological polar surface area (TPSA) is 54.2 Å². The molecule has 2 N–H and O–H groups in total. The van der Waals surface area contributed by atoms with Crippen LogP contribution in [-0.4, -0.2) is 29.3 Å². The van der Waals surface area contributed by atoms with Gasteiger partial charge in [-0.25, -0.2) is 0 Å². The minimum atomic E-state index is 0.762. The molecule has 0 aliphatic heterocycles. The summed E-state index contributed by atoms with van der Waals surface area (Å²) in [5.74, 6) is 0.822. The fourth-order valence-corrected chi connectivity index (χ4v) is 2.61.